The first-order chi connectivity index (χ1) is 9.10. The van der Waals surface area contributed by atoms with E-state index in [4.69, 9.17) is 16.3 Å². The lowest BCUT2D eigenvalue weighted by Crippen LogP contribution is -2.02. The van der Waals surface area contributed by atoms with Crippen LogP contribution in [-0.4, -0.2) is 12.2 Å². The molecule has 4 heteroatoms. The molecule has 0 aromatic heterocycles. The Morgan fingerprint density at radius 3 is 2.47 bits per heavy atom. The van der Waals surface area contributed by atoms with Gasteiger partial charge in [-0.1, -0.05) is 29.8 Å². The summed E-state index contributed by atoms with van der Waals surface area (Å²) in [5.41, 5.74) is 1.46. The molecular weight excluding hydrogens is 267 g/mol. The van der Waals surface area contributed by atoms with Gasteiger partial charge in [-0.3, -0.25) is 0 Å². The number of benzene rings is 2. The van der Waals surface area contributed by atoms with Crippen LogP contribution in [0.4, 0.5) is 4.39 Å². The summed E-state index contributed by atoms with van der Waals surface area (Å²) in [4.78, 5) is 0. The third-order valence-corrected chi connectivity index (χ3v) is 3.22. The topological polar surface area (TPSA) is 29.5 Å². The van der Waals surface area contributed by atoms with Crippen LogP contribution in [0.1, 0.15) is 17.2 Å². The van der Waals surface area contributed by atoms with Gasteiger partial charge in [0.2, 0.25) is 0 Å². The fraction of sp³-hybridized carbons (Fsp3) is 0.200. The zero-order valence-electron chi connectivity index (χ0n) is 10.4. The molecular formula is C15H14ClFO2. The van der Waals surface area contributed by atoms with Gasteiger partial charge in [0, 0.05) is 6.42 Å². The molecule has 0 aliphatic heterocycles. The van der Waals surface area contributed by atoms with Crippen molar-refractivity contribution < 1.29 is 14.2 Å². The van der Waals surface area contributed by atoms with Crippen molar-refractivity contribution in [2.75, 3.05) is 7.11 Å². The lowest BCUT2D eigenvalue weighted by Gasteiger charge is -2.12. The number of hydrogen-bond acceptors (Lipinski definition) is 2. The maximum absolute atomic E-state index is 13.3. The third-order valence-electron chi connectivity index (χ3n) is 2.91. The van der Waals surface area contributed by atoms with Crippen molar-refractivity contribution in [2.45, 2.75) is 12.5 Å². The predicted octanol–water partition coefficient (Wildman–Crippen LogP) is 3.76. The zero-order valence-corrected chi connectivity index (χ0v) is 11.2. The summed E-state index contributed by atoms with van der Waals surface area (Å²) in [5.74, 6) is 0.259. The molecule has 0 radical (unpaired) electrons. The molecule has 0 saturated carbocycles. The van der Waals surface area contributed by atoms with E-state index in [1.165, 1.54) is 12.1 Å². The Hall–Kier alpha value is -1.58. The molecule has 2 rings (SSSR count). The second-order valence-corrected chi connectivity index (χ2v) is 4.65. The second kappa shape index (κ2) is 6.04. The van der Waals surface area contributed by atoms with Gasteiger partial charge in [-0.15, -0.1) is 0 Å². The molecule has 2 aromatic rings. The summed E-state index contributed by atoms with van der Waals surface area (Å²) in [6.07, 6.45) is -0.355. The molecule has 2 aromatic carbocycles. The van der Waals surface area contributed by atoms with Gasteiger partial charge in [-0.2, -0.15) is 0 Å². The summed E-state index contributed by atoms with van der Waals surface area (Å²) in [5, 5.41) is 10.2. The van der Waals surface area contributed by atoms with Gasteiger partial charge in [0.05, 0.1) is 18.2 Å². The molecule has 0 saturated heterocycles. The number of halogens is 2. The quantitative estimate of drug-likeness (QED) is 0.924. The summed E-state index contributed by atoms with van der Waals surface area (Å²) in [7, 11) is 1.59. The minimum atomic E-state index is -0.688. The SMILES string of the molecule is COc1ccc(C(O)Cc2ccc(Cl)c(F)c2)cc1. The van der Waals surface area contributed by atoms with E-state index in [0.29, 0.717) is 12.0 Å². The largest absolute Gasteiger partial charge is 0.497 e. The highest BCUT2D eigenvalue weighted by Gasteiger charge is 2.10. The number of rotatable bonds is 4. The Kier molecular flexibility index (Phi) is 4.40. The van der Waals surface area contributed by atoms with Crippen LogP contribution in [0.5, 0.6) is 5.75 Å². The highest BCUT2D eigenvalue weighted by atomic mass is 35.5. The minimum Gasteiger partial charge on any atom is -0.497 e. The zero-order chi connectivity index (χ0) is 13.8. The molecule has 0 spiro atoms. The lowest BCUT2D eigenvalue weighted by atomic mass is 10.0. The molecule has 1 atom stereocenters. The van der Waals surface area contributed by atoms with Crippen LogP contribution >= 0.6 is 11.6 Å². The molecule has 100 valence electrons. The molecule has 0 amide bonds. The summed E-state index contributed by atoms with van der Waals surface area (Å²) in [6, 6.07) is 11.7. The summed E-state index contributed by atoms with van der Waals surface area (Å²) in [6.45, 7) is 0. The highest BCUT2D eigenvalue weighted by Crippen LogP contribution is 2.23. The van der Waals surface area contributed by atoms with Crippen molar-refractivity contribution in [2.24, 2.45) is 0 Å². The van der Waals surface area contributed by atoms with Crippen LogP contribution in [0, 0.1) is 5.82 Å². The second-order valence-electron chi connectivity index (χ2n) is 4.24. The lowest BCUT2D eigenvalue weighted by molar-refractivity contribution is 0.178. The summed E-state index contributed by atoms with van der Waals surface area (Å²) < 4.78 is 18.4. The maximum Gasteiger partial charge on any atom is 0.142 e. The van der Waals surface area contributed by atoms with Gasteiger partial charge in [0.1, 0.15) is 11.6 Å². The van der Waals surface area contributed by atoms with Crippen LogP contribution in [0.2, 0.25) is 5.02 Å². The molecule has 0 fully saturated rings. The van der Waals surface area contributed by atoms with Crippen LogP contribution in [-0.2, 0) is 6.42 Å². The Bertz CT molecular complexity index is 555. The predicted molar refractivity (Wildman–Crippen MR) is 73.1 cm³/mol. The van der Waals surface area contributed by atoms with Gasteiger partial charge in [-0.05, 0) is 35.4 Å². The van der Waals surface area contributed by atoms with E-state index in [-0.39, 0.29) is 5.02 Å². The van der Waals surface area contributed by atoms with E-state index in [0.717, 1.165) is 11.3 Å². The highest BCUT2D eigenvalue weighted by molar-refractivity contribution is 6.30. The maximum atomic E-state index is 13.3. The van der Waals surface area contributed by atoms with Crippen molar-refractivity contribution >= 4 is 11.6 Å². The first-order valence-electron chi connectivity index (χ1n) is 5.86. The molecule has 0 aliphatic rings. The van der Waals surface area contributed by atoms with E-state index >= 15 is 0 Å². The van der Waals surface area contributed by atoms with Crippen LogP contribution in [0.15, 0.2) is 42.5 Å². The van der Waals surface area contributed by atoms with E-state index in [1.54, 1.807) is 37.4 Å². The van der Waals surface area contributed by atoms with Crippen molar-refractivity contribution in [3.63, 3.8) is 0 Å². The number of methoxy groups -OCH3 is 1. The number of aliphatic hydroxyl groups excluding tert-OH is 1. The molecule has 1 unspecified atom stereocenters. The van der Waals surface area contributed by atoms with Crippen LogP contribution in [0.3, 0.4) is 0 Å². The Balaban J connectivity index is 2.10. The van der Waals surface area contributed by atoms with Gasteiger partial charge < -0.3 is 9.84 Å². The molecule has 0 aliphatic carbocycles. The molecule has 0 bridgehead atoms. The van der Waals surface area contributed by atoms with Gasteiger partial charge in [0.15, 0.2) is 0 Å². The Morgan fingerprint density at radius 2 is 1.89 bits per heavy atom. The van der Waals surface area contributed by atoms with Crippen molar-refractivity contribution in [1.82, 2.24) is 0 Å². The summed E-state index contributed by atoms with van der Waals surface area (Å²) >= 11 is 5.62. The van der Waals surface area contributed by atoms with Crippen molar-refractivity contribution in [1.29, 1.82) is 0 Å². The van der Waals surface area contributed by atoms with Gasteiger partial charge in [-0.25, -0.2) is 4.39 Å². The monoisotopic (exact) mass is 280 g/mol. The minimum absolute atomic E-state index is 0.0858. The smallest absolute Gasteiger partial charge is 0.142 e. The van der Waals surface area contributed by atoms with E-state index in [1.807, 2.05) is 0 Å². The molecule has 0 heterocycles. The molecule has 19 heavy (non-hydrogen) atoms. The number of hydrogen-bond donors (Lipinski definition) is 1. The normalized spacial score (nSPS) is 12.2. The van der Waals surface area contributed by atoms with E-state index in [9.17, 15) is 9.50 Å². The van der Waals surface area contributed by atoms with Gasteiger partial charge >= 0.3 is 0 Å². The standard InChI is InChI=1S/C15H14ClFO2/c1-19-12-5-3-11(4-6-12)15(18)9-10-2-7-13(16)14(17)8-10/h2-8,15,18H,9H2,1H3. The van der Waals surface area contributed by atoms with Crippen LogP contribution in [0.25, 0.3) is 0 Å². The van der Waals surface area contributed by atoms with Crippen LogP contribution < -0.4 is 4.74 Å². The Morgan fingerprint density at radius 1 is 1.21 bits per heavy atom. The van der Waals surface area contributed by atoms with Crippen molar-refractivity contribution in [3.05, 3.63) is 64.4 Å². The van der Waals surface area contributed by atoms with E-state index < -0.39 is 11.9 Å². The first-order valence-corrected chi connectivity index (χ1v) is 6.24. The fourth-order valence-corrected chi connectivity index (χ4v) is 1.95. The first kappa shape index (κ1) is 13.8. The van der Waals surface area contributed by atoms with Gasteiger partial charge in [0.25, 0.3) is 0 Å². The number of ether oxygens (including phenoxy) is 1. The fourth-order valence-electron chi connectivity index (χ4n) is 1.83. The number of aliphatic hydroxyl groups is 1. The van der Waals surface area contributed by atoms with Crippen molar-refractivity contribution in [3.8, 4) is 5.75 Å². The average Bonchev–Trinajstić information content (AvgIpc) is 2.43. The third kappa shape index (κ3) is 3.46. The Labute approximate surface area is 116 Å². The average molecular weight is 281 g/mol. The molecule has 2 nitrogen and oxygen atoms in total. The van der Waals surface area contributed by atoms with E-state index in [2.05, 4.69) is 0 Å². The molecule has 1 N–H and O–H groups in total.